The number of alkyl halides is 6. The van der Waals surface area contributed by atoms with Gasteiger partial charge in [0.25, 0.3) is 11.8 Å². The minimum atomic E-state index is -4.86. The van der Waals surface area contributed by atoms with Crippen LogP contribution in [0.2, 0.25) is 10.0 Å². The van der Waals surface area contributed by atoms with E-state index in [-0.39, 0.29) is 33.0 Å². The van der Waals surface area contributed by atoms with Crippen molar-refractivity contribution in [2.24, 2.45) is 11.8 Å². The van der Waals surface area contributed by atoms with Crippen molar-refractivity contribution in [2.75, 3.05) is 14.2 Å². The first-order valence-corrected chi connectivity index (χ1v) is 21.0. The lowest BCUT2D eigenvalue weighted by molar-refractivity contribution is -0.275. The third-order valence-electron chi connectivity index (χ3n) is 11.2. The van der Waals surface area contributed by atoms with E-state index >= 15 is 0 Å². The van der Waals surface area contributed by atoms with Crippen LogP contribution in [0.25, 0.3) is 21.8 Å². The van der Waals surface area contributed by atoms with Crippen molar-refractivity contribution in [3.05, 3.63) is 116 Å². The summed E-state index contributed by atoms with van der Waals surface area (Å²) in [5.41, 5.74) is 2.57. The van der Waals surface area contributed by atoms with Gasteiger partial charge in [-0.1, -0.05) is 57.3 Å². The maximum atomic E-state index is 13.5. The highest BCUT2D eigenvalue weighted by Crippen LogP contribution is 2.43. The van der Waals surface area contributed by atoms with E-state index in [2.05, 4.69) is 9.47 Å². The Morgan fingerprint density at radius 1 is 0.612 bits per heavy atom. The number of fused-ring (bicyclic) bond motifs is 2. The number of methoxy groups -OCH3 is 2. The van der Waals surface area contributed by atoms with Gasteiger partial charge in [-0.25, -0.2) is 0 Å². The Morgan fingerprint density at radius 2 is 0.955 bits per heavy atom. The lowest BCUT2D eigenvalue weighted by atomic mass is 9.84. The number of aromatic nitrogens is 2. The molecule has 2 aromatic heterocycles. The molecule has 6 rings (SSSR count). The Bertz CT molecular complexity index is 2840. The van der Waals surface area contributed by atoms with Crippen LogP contribution in [0.4, 0.5) is 26.3 Å². The number of ether oxygens (including phenoxy) is 4. The van der Waals surface area contributed by atoms with Gasteiger partial charge in [0.15, 0.2) is 0 Å². The molecule has 4 aromatic carbocycles. The van der Waals surface area contributed by atoms with Gasteiger partial charge >= 0.3 is 24.7 Å². The van der Waals surface area contributed by atoms with Crippen molar-refractivity contribution in [3.8, 4) is 23.0 Å². The Hall–Kier alpha value is -6.40. The summed E-state index contributed by atoms with van der Waals surface area (Å²) in [6.45, 7) is 10.5. The average molecular weight is 982 g/mol. The molecule has 0 saturated carbocycles. The van der Waals surface area contributed by atoms with Crippen LogP contribution in [0, 0.1) is 25.7 Å². The van der Waals surface area contributed by atoms with Gasteiger partial charge in [0.1, 0.15) is 23.0 Å². The van der Waals surface area contributed by atoms with Crippen molar-refractivity contribution in [3.63, 3.8) is 0 Å². The number of aliphatic carboxylic acids is 2. The number of hydrogen-bond donors (Lipinski definition) is 2. The van der Waals surface area contributed by atoms with Crippen LogP contribution < -0.4 is 18.9 Å². The first-order chi connectivity index (χ1) is 31.2. The summed E-state index contributed by atoms with van der Waals surface area (Å²) in [5.74, 6) is -5.86. The summed E-state index contributed by atoms with van der Waals surface area (Å²) < 4.78 is 95.6. The molecule has 67 heavy (non-hydrogen) atoms. The van der Waals surface area contributed by atoms with E-state index in [1.165, 1.54) is 59.8 Å². The molecule has 0 bridgehead atoms. The monoisotopic (exact) mass is 980 g/mol. The normalized spacial score (nSPS) is 13.1. The highest BCUT2D eigenvalue weighted by Gasteiger charge is 2.36. The van der Waals surface area contributed by atoms with Gasteiger partial charge in [0.2, 0.25) is 0 Å². The van der Waals surface area contributed by atoms with Crippen LogP contribution in [0.3, 0.4) is 0 Å². The molecule has 358 valence electrons. The third kappa shape index (κ3) is 11.1. The molecule has 0 radical (unpaired) electrons. The van der Waals surface area contributed by atoms with Crippen LogP contribution in [0.1, 0.15) is 89.2 Å². The Balaban J connectivity index is 0.000000251. The van der Waals surface area contributed by atoms with Gasteiger partial charge in [-0.3, -0.25) is 28.3 Å². The summed E-state index contributed by atoms with van der Waals surface area (Å²) >= 11 is 12.6. The highest BCUT2D eigenvalue weighted by atomic mass is 35.5. The first-order valence-electron chi connectivity index (χ1n) is 20.3. The zero-order valence-electron chi connectivity index (χ0n) is 37.0. The fourth-order valence-electron chi connectivity index (χ4n) is 7.99. The fraction of sp³-hybridized carbons (Fsp3) is 0.319. The molecular weight excluding hydrogens is 937 g/mol. The lowest BCUT2D eigenvalue weighted by Gasteiger charge is -2.20. The van der Waals surface area contributed by atoms with E-state index in [1.807, 2.05) is 13.8 Å². The number of hydrogen-bond acceptors (Lipinski definition) is 8. The van der Waals surface area contributed by atoms with E-state index in [1.54, 1.807) is 39.8 Å². The molecule has 0 amide bonds. The smallest absolute Gasteiger partial charge is 0.495 e. The first kappa shape index (κ1) is 51.6. The second-order valence-corrected chi connectivity index (χ2v) is 16.5. The van der Waals surface area contributed by atoms with Crippen LogP contribution in [-0.4, -0.2) is 70.0 Å². The SMILES string of the molecule is CCC(C)[C@H](C(=O)O)c1c(C)n(C(=O)c2ccc(OC(F)(F)F)cc2)c2cc(Cl)c(OC)cc12.COc1cc2c(C(C(=O)O)C(C)C)c(C)n(C(=O)c3ccc(OC(F)(F)F)cc3)c2cc1Cl. The molecule has 0 aliphatic rings. The van der Waals surface area contributed by atoms with Crippen LogP contribution in [-0.2, 0) is 9.59 Å². The Morgan fingerprint density at radius 3 is 1.24 bits per heavy atom. The van der Waals surface area contributed by atoms with Gasteiger partial charge in [-0.15, -0.1) is 26.3 Å². The fourth-order valence-corrected chi connectivity index (χ4v) is 8.46. The van der Waals surface area contributed by atoms with Crippen molar-refractivity contribution in [1.82, 2.24) is 9.13 Å². The van der Waals surface area contributed by atoms with Gasteiger partial charge in [-0.2, -0.15) is 0 Å². The Kier molecular flexibility index (Phi) is 15.6. The topological polar surface area (TPSA) is 156 Å². The maximum Gasteiger partial charge on any atom is 0.573 e. The number of carboxylic acid groups (broad SMARTS) is 2. The maximum absolute atomic E-state index is 13.5. The number of carbonyl (C=O) groups excluding carboxylic acids is 2. The van der Waals surface area contributed by atoms with Gasteiger partial charge in [-0.05, 0) is 110 Å². The van der Waals surface area contributed by atoms with Gasteiger partial charge in [0.05, 0.1) is 47.1 Å². The lowest BCUT2D eigenvalue weighted by Crippen LogP contribution is -2.21. The van der Waals surface area contributed by atoms with E-state index in [4.69, 9.17) is 32.7 Å². The van der Waals surface area contributed by atoms with Crippen molar-refractivity contribution in [2.45, 2.75) is 72.5 Å². The Labute approximate surface area is 389 Å². The summed E-state index contributed by atoms with van der Waals surface area (Å²) in [6, 6.07) is 15.2. The number of carbonyl (C=O) groups is 4. The number of carboxylic acids is 2. The van der Waals surface area contributed by atoms with Crippen LogP contribution in [0.5, 0.6) is 23.0 Å². The van der Waals surface area contributed by atoms with Gasteiger partial charge in [0, 0.05) is 33.3 Å². The molecule has 0 aliphatic heterocycles. The van der Waals surface area contributed by atoms with Crippen LogP contribution >= 0.6 is 23.2 Å². The third-order valence-corrected chi connectivity index (χ3v) is 11.8. The average Bonchev–Trinajstić information content (AvgIpc) is 3.66. The molecule has 0 fully saturated rings. The zero-order chi connectivity index (χ0) is 50.0. The van der Waals surface area contributed by atoms with Crippen molar-refractivity contribution >= 4 is 68.8 Å². The van der Waals surface area contributed by atoms with E-state index in [0.717, 1.165) is 24.3 Å². The second-order valence-electron chi connectivity index (χ2n) is 15.7. The molecule has 2 N–H and O–H groups in total. The summed E-state index contributed by atoms with van der Waals surface area (Å²) in [4.78, 5) is 51.2. The van der Waals surface area contributed by atoms with Crippen molar-refractivity contribution < 1.29 is 74.7 Å². The molecule has 20 heteroatoms. The molecule has 2 unspecified atom stereocenters. The van der Waals surface area contributed by atoms with E-state index < -0.39 is 59.8 Å². The molecule has 0 spiro atoms. The minimum Gasteiger partial charge on any atom is -0.495 e. The number of benzene rings is 4. The van der Waals surface area contributed by atoms with Crippen molar-refractivity contribution in [1.29, 1.82) is 0 Å². The molecule has 2 heterocycles. The number of halogens is 8. The zero-order valence-corrected chi connectivity index (χ0v) is 38.5. The minimum absolute atomic E-state index is 0.0828. The van der Waals surface area contributed by atoms with Crippen LogP contribution in [0.15, 0.2) is 72.8 Å². The standard InChI is InChI=1S/C24H23ClF3NO5.C23H21ClF3NO5/c1-5-12(2)20(23(31)32)21-13(3)29(18-11-17(25)19(33-4)10-16(18)21)22(30)14-6-8-15(9-7-14)34-24(26,27)28;1-11(2)19(22(30)31)20-12(3)28(17-10-16(24)18(32-4)9-15(17)20)21(29)13-5-7-14(8-6-13)33-23(25,26)27/h6-12,20H,5H2,1-4H3,(H,31,32);5-11,19H,1-4H3,(H,30,31)/t12?,20-;/m0./s1. The second kappa shape index (κ2) is 20.2. The molecule has 3 atom stereocenters. The number of nitrogens with zero attached hydrogens (tertiary/aromatic N) is 2. The molecule has 6 aromatic rings. The van der Waals surface area contributed by atoms with Gasteiger partial charge < -0.3 is 29.2 Å². The summed E-state index contributed by atoms with van der Waals surface area (Å²) in [5, 5.41) is 21.3. The van der Waals surface area contributed by atoms with E-state index in [9.17, 15) is 55.7 Å². The highest BCUT2D eigenvalue weighted by molar-refractivity contribution is 6.33. The molecular formula is C47H44Cl2F6N2O10. The summed E-state index contributed by atoms with van der Waals surface area (Å²) in [6.07, 6.45) is -9.13. The predicted octanol–water partition coefficient (Wildman–Crippen LogP) is 12.4. The number of rotatable bonds is 13. The predicted molar refractivity (Wildman–Crippen MR) is 237 cm³/mol. The quantitative estimate of drug-likeness (QED) is 0.107. The molecule has 12 nitrogen and oxygen atoms in total. The molecule has 0 saturated heterocycles. The summed E-state index contributed by atoms with van der Waals surface area (Å²) in [7, 11) is 2.85. The van der Waals surface area contributed by atoms with E-state index in [0.29, 0.717) is 62.2 Å². The largest absolute Gasteiger partial charge is 0.573 e. The molecule has 0 aliphatic carbocycles.